The third-order valence-corrected chi connectivity index (χ3v) is 4.48. The number of benzene rings is 1. The van der Waals surface area contributed by atoms with Gasteiger partial charge in [0, 0.05) is 25.5 Å². The van der Waals surface area contributed by atoms with E-state index in [2.05, 4.69) is 4.98 Å². The number of carboxylic acids is 1. The van der Waals surface area contributed by atoms with Gasteiger partial charge in [-0.1, -0.05) is 30.3 Å². The Balaban J connectivity index is 1.90. The Bertz CT molecular complexity index is 708. The Morgan fingerprint density at radius 1 is 1.23 bits per heavy atom. The lowest BCUT2D eigenvalue weighted by Crippen LogP contribution is -2.40. The minimum atomic E-state index is -1.01. The van der Waals surface area contributed by atoms with Crippen molar-refractivity contribution in [2.75, 3.05) is 13.1 Å². The number of aromatic amines is 1. The summed E-state index contributed by atoms with van der Waals surface area (Å²) in [6, 6.07) is 9.18. The number of nitrogens with zero attached hydrogens (tertiary/aromatic N) is 1. The normalized spacial score (nSPS) is 21.0. The highest BCUT2D eigenvalue weighted by Gasteiger charge is 2.47. The second kappa shape index (κ2) is 5.33. The number of aryl methyl sites for hydroxylation is 1. The summed E-state index contributed by atoms with van der Waals surface area (Å²) in [6.07, 6.45) is 3.87. The van der Waals surface area contributed by atoms with Crippen LogP contribution in [0.15, 0.2) is 42.7 Å². The molecule has 1 fully saturated rings. The smallest absolute Gasteiger partial charge is 0.316 e. The third kappa shape index (κ3) is 2.19. The highest BCUT2D eigenvalue weighted by Crippen LogP contribution is 2.35. The Morgan fingerprint density at radius 2 is 1.95 bits per heavy atom. The molecule has 5 nitrogen and oxygen atoms in total. The fourth-order valence-corrected chi connectivity index (χ4v) is 3.12. The molecule has 1 aromatic carbocycles. The first kappa shape index (κ1) is 14.4. The van der Waals surface area contributed by atoms with Crippen LogP contribution in [0.5, 0.6) is 0 Å². The lowest BCUT2D eigenvalue weighted by molar-refractivity contribution is -0.143. The van der Waals surface area contributed by atoms with E-state index in [-0.39, 0.29) is 12.5 Å². The monoisotopic (exact) mass is 298 g/mol. The second-order valence-corrected chi connectivity index (χ2v) is 5.78. The molecular formula is C17H18N2O3. The molecule has 1 unspecified atom stereocenters. The molecule has 1 amide bonds. The molecule has 2 aromatic rings. The molecule has 0 radical (unpaired) electrons. The molecule has 0 saturated carbocycles. The molecule has 2 N–H and O–H groups in total. The summed E-state index contributed by atoms with van der Waals surface area (Å²) in [5, 5.41) is 9.76. The van der Waals surface area contributed by atoms with Crippen LogP contribution in [-0.2, 0) is 10.2 Å². The zero-order chi connectivity index (χ0) is 15.7. The third-order valence-electron chi connectivity index (χ3n) is 4.48. The molecule has 114 valence electrons. The number of H-pyrrole nitrogens is 1. The Hall–Kier alpha value is -2.56. The number of nitrogens with one attached hydrogen (secondary N) is 1. The van der Waals surface area contributed by atoms with Crippen LogP contribution in [-0.4, -0.2) is 40.0 Å². The number of hydrogen-bond acceptors (Lipinski definition) is 2. The van der Waals surface area contributed by atoms with Crippen molar-refractivity contribution in [2.24, 2.45) is 0 Å². The quantitative estimate of drug-likeness (QED) is 0.912. The topological polar surface area (TPSA) is 73.4 Å². The number of carbonyl (C=O) groups excluding carboxylic acids is 1. The Labute approximate surface area is 128 Å². The Morgan fingerprint density at radius 3 is 2.55 bits per heavy atom. The second-order valence-electron chi connectivity index (χ2n) is 5.78. The fourth-order valence-electron chi connectivity index (χ4n) is 3.12. The van der Waals surface area contributed by atoms with E-state index in [1.54, 1.807) is 17.3 Å². The lowest BCUT2D eigenvalue weighted by Gasteiger charge is -2.25. The van der Waals surface area contributed by atoms with Crippen LogP contribution >= 0.6 is 0 Å². The van der Waals surface area contributed by atoms with E-state index in [0.717, 1.165) is 11.1 Å². The lowest BCUT2D eigenvalue weighted by atomic mass is 9.80. The van der Waals surface area contributed by atoms with E-state index in [1.807, 2.05) is 37.3 Å². The molecule has 3 rings (SSSR count). The van der Waals surface area contributed by atoms with Gasteiger partial charge in [-0.15, -0.1) is 0 Å². The van der Waals surface area contributed by atoms with Gasteiger partial charge >= 0.3 is 5.97 Å². The molecule has 1 aliphatic rings. The molecular weight excluding hydrogens is 280 g/mol. The minimum absolute atomic E-state index is 0.113. The highest BCUT2D eigenvalue weighted by atomic mass is 16.4. The van der Waals surface area contributed by atoms with Crippen molar-refractivity contribution in [3.8, 4) is 0 Å². The maximum absolute atomic E-state index is 12.6. The molecule has 5 heteroatoms. The summed E-state index contributed by atoms with van der Waals surface area (Å²) < 4.78 is 0. The van der Waals surface area contributed by atoms with Gasteiger partial charge in [-0.05, 0) is 24.5 Å². The van der Waals surface area contributed by atoms with E-state index >= 15 is 0 Å². The zero-order valence-corrected chi connectivity index (χ0v) is 12.4. The molecule has 0 aliphatic carbocycles. The van der Waals surface area contributed by atoms with Crippen LogP contribution in [0.2, 0.25) is 0 Å². The number of rotatable bonds is 3. The van der Waals surface area contributed by atoms with Gasteiger partial charge in [0.05, 0.1) is 5.56 Å². The van der Waals surface area contributed by atoms with Crippen LogP contribution < -0.4 is 0 Å². The van der Waals surface area contributed by atoms with E-state index in [9.17, 15) is 14.7 Å². The van der Waals surface area contributed by atoms with Gasteiger partial charge in [0.1, 0.15) is 5.41 Å². The van der Waals surface area contributed by atoms with Crippen molar-refractivity contribution in [1.29, 1.82) is 0 Å². The van der Waals surface area contributed by atoms with Crippen LogP contribution in [0.4, 0.5) is 0 Å². The average molecular weight is 298 g/mol. The highest BCUT2D eigenvalue weighted by molar-refractivity contribution is 5.96. The molecule has 1 saturated heterocycles. The molecule has 0 bridgehead atoms. The van der Waals surface area contributed by atoms with Crippen LogP contribution in [0.25, 0.3) is 0 Å². The van der Waals surface area contributed by atoms with Crippen molar-refractivity contribution < 1.29 is 14.7 Å². The van der Waals surface area contributed by atoms with Crippen molar-refractivity contribution in [3.05, 3.63) is 59.4 Å². The molecule has 1 atom stereocenters. The molecule has 1 aliphatic heterocycles. The average Bonchev–Trinajstić information content (AvgIpc) is 3.15. The number of carboxylic acid groups (broad SMARTS) is 1. The molecule has 2 heterocycles. The summed E-state index contributed by atoms with van der Waals surface area (Å²) in [6.45, 7) is 2.52. The van der Waals surface area contributed by atoms with Gasteiger partial charge in [0.15, 0.2) is 0 Å². The van der Waals surface area contributed by atoms with Gasteiger partial charge in [0.2, 0.25) is 0 Å². The zero-order valence-electron chi connectivity index (χ0n) is 12.4. The fraction of sp³-hybridized carbons (Fsp3) is 0.294. The number of likely N-dealkylation sites (tertiary alicyclic amines) is 1. The van der Waals surface area contributed by atoms with E-state index in [1.165, 1.54) is 0 Å². The van der Waals surface area contributed by atoms with Gasteiger partial charge in [-0.25, -0.2) is 0 Å². The summed E-state index contributed by atoms with van der Waals surface area (Å²) >= 11 is 0. The number of hydrogen-bond donors (Lipinski definition) is 2. The summed E-state index contributed by atoms with van der Waals surface area (Å²) in [7, 11) is 0. The summed E-state index contributed by atoms with van der Waals surface area (Å²) in [4.78, 5) is 29.0. The SMILES string of the molecule is Cc1c[nH]cc1C(=O)N1CCC(C(=O)O)(c2ccccc2)C1. The van der Waals surface area contributed by atoms with Crippen LogP contribution in [0.1, 0.15) is 27.9 Å². The predicted octanol–water partition coefficient (Wildman–Crippen LogP) is 2.19. The number of aromatic nitrogens is 1. The minimum Gasteiger partial charge on any atom is -0.481 e. The largest absolute Gasteiger partial charge is 0.481 e. The number of aliphatic carboxylic acids is 1. The first-order valence-electron chi connectivity index (χ1n) is 7.26. The van der Waals surface area contributed by atoms with Crippen molar-refractivity contribution in [1.82, 2.24) is 9.88 Å². The van der Waals surface area contributed by atoms with Crippen LogP contribution in [0, 0.1) is 6.92 Å². The van der Waals surface area contributed by atoms with Gasteiger partial charge in [-0.2, -0.15) is 0 Å². The first-order valence-corrected chi connectivity index (χ1v) is 7.26. The van der Waals surface area contributed by atoms with Crippen molar-refractivity contribution >= 4 is 11.9 Å². The van der Waals surface area contributed by atoms with Crippen molar-refractivity contribution in [2.45, 2.75) is 18.8 Å². The van der Waals surface area contributed by atoms with Gasteiger partial charge in [-0.3, -0.25) is 9.59 Å². The number of carbonyl (C=O) groups is 2. The van der Waals surface area contributed by atoms with Gasteiger partial charge < -0.3 is 15.0 Å². The summed E-state index contributed by atoms with van der Waals surface area (Å²) in [5.74, 6) is -0.988. The van der Waals surface area contributed by atoms with E-state index < -0.39 is 11.4 Å². The van der Waals surface area contributed by atoms with E-state index in [4.69, 9.17) is 0 Å². The predicted molar refractivity (Wildman–Crippen MR) is 81.8 cm³/mol. The molecule has 0 spiro atoms. The maximum Gasteiger partial charge on any atom is 0.316 e. The molecule has 22 heavy (non-hydrogen) atoms. The van der Waals surface area contributed by atoms with E-state index in [0.29, 0.717) is 18.5 Å². The standard InChI is InChI=1S/C17H18N2O3/c1-12-9-18-10-14(12)15(20)19-8-7-17(11-19,16(21)22)13-5-3-2-4-6-13/h2-6,9-10,18H,7-8,11H2,1H3,(H,21,22). The van der Waals surface area contributed by atoms with Gasteiger partial charge in [0.25, 0.3) is 5.91 Å². The Kier molecular flexibility index (Phi) is 3.48. The summed E-state index contributed by atoms with van der Waals surface area (Å²) in [5.41, 5.74) is 1.22. The van der Waals surface area contributed by atoms with Crippen molar-refractivity contribution in [3.63, 3.8) is 0 Å². The first-order chi connectivity index (χ1) is 10.5. The number of amides is 1. The molecule has 1 aromatic heterocycles. The maximum atomic E-state index is 12.6. The van der Waals surface area contributed by atoms with Crippen LogP contribution in [0.3, 0.4) is 0 Å².